The molecule has 1 amide bonds. The Morgan fingerprint density at radius 2 is 2.36 bits per heavy atom. The zero-order valence-corrected chi connectivity index (χ0v) is 9.04. The molecule has 14 heavy (non-hydrogen) atoms. The van der Waals surface area contributed by atoms with E-state index in [2.05, 4.69) is 21.2 Å². The van der Waals surface area contributed by atoms with Crippen molar-refractivity contribution in [3.63, 3.8) is 0 Å². The summed E-state index contributed by atoms with van der Waals surface area (Å²) in [7, 11) is 0. The summed E-state index contributed by atoms with van der Waals surface area (Å²) in [6, 6.07) is 5.91. The third-order valence-electron chi connectivity index (χ3n) is 2.49. The molecule has 2 N–H and O–H groups in total. The zero-order chi connectivity index (χ0) is 10.1. The fourth-order valence-electron chi connectivity index (χ4n) is 1.93. The summed E-state index contributed by atoms with van der Waals surface area (Å²) in [5.74, 6) is 0. The minimum Gasteiger partial charge on any atom is -0.465 e. The van der Waals surface area contributed by atoms with Crippen molar-refractivity contribution in [1.29, 1.82) is 0 Å². The van der Waals surface area contributed by atoms with Crippen LogP contribution in [0.3, 0.4) is 0 Å². The average molecular weight is 256 g/mol. The molecule has 4 heteroatoms. The lowest BCUT2D eigenvalue weighted by Crippen LogP contribution is -2.25. The smallest absolute Gasteiger partial charge is 0.405 e. The van der Waals surface area contributed by atoms with E-state index in [4.69, 9.17) is 5.11 Å². The SMILES string of the molecule is O=C(O)NC1CCc2cccc(Br)c21. The lowest BCUT2D eigenvalue weighted by molar-refractivity contribution is 0.190. The Morgan fingerprint density at radius 3 is 3.07 bits per heavy atom. The minimum absolute atomic E-state index is 0.0573. The summed E-state index contributed by atoms with van der Waals surface area (Å²) in [4.78, 5) is 10.5. The summed E-state index contributed by atoms with van der Waals surface area (Å²) in [6.45, 7) is 0. The molecule has 0 aliphatic heterocycles. The fourth-order valence-corrected chi connectivity index (χ4v) is 2.61. The Labute approximate surface area is 90.3 Å². The molecule has 1 aromatic rings. The van der Waals surface area contributed by atoms with Crippen LogP contribution < -0.4 is 5.32 Å². The molecule has 0 radical (unpaired) electrons. The highest BCUT2D eigenvalue weighted by molar-refractivity contribution is 9.10. The van der Waals surface area contributed by atoms with Crippen LogP contribution in [-0.2, 0) is 6.42 Å². The van der Waals surface area contributed by atoms with Gasteiger partial charge >= 0.3 is 6.09 Å². The second-order valence-corrected chi connectivity index (χ2v) is 4.21. The van der Waals surface area contributed by atoms with Crippen molar-refractivity contribution in [3.05, 3.63) is 33.8 Å². The van der Waals surface area contributed by atoms with Crippen molar-refractivity contribution in [2.24, 2.45) is 0 Å². The van der Waals surface area contributed by atoms with Gasteiger partial charge in [-0.15, -0.1) is 0 Å². The quantitative estimate of drug-likeness (QED) is 0.811. The number of rotatable bonds is 1. The first kappa shape index (κ1) is 9.52. The number of hydrogen-bond acceptors (Lipinski definition) is 1. The highest BCUT2D eigenvalue weighted by Crippen LogP contribution is 2.36. The molecule has 0 saturated carbocycles. The molecule has 1 unspecified atom stereocenters. The lowest BCUT2D eigenvalue weighted by Gasteiger charge is -2.12. The fraction of sp³-hybridized carbons (Fsp3) is 0.300. The van der Waals surface area contributed by atoms with Gasteiger partial charge in [-0.3, -0.25) is 0 Å². The molecular formula is C10H10BrNO2. The van der Waals surface area contributed by atoms with Crippen LogP contribution in [0.2, 0.25) is 0 Å². The summed E-state index contributed by atoms with van der Waals surface area (Å²) in [5.41, 5.74) is 2.33. The van der Waals surface area contributed by atoms with Crippen LogP contribution in [0.4, 0.5) is 4.79 Å². The average Bonchev–Trinajstić information content (AvgIpc) is 2.49. The van der Waals surface area contributed by atoms with Gasteiger partial charge in [0, 0.05) is 4.47 Å². The van der Waals surface area contributed by atoms with Crippen LogP contribution in [0.25, 0.3) is 0 Å². The van der Waals surface area contributed by atoms with Gasteiger partial charge in [0.2, 0.25) is 0 Å². The van der Waals surface area contributed by atoms with Crippen molar-refractivity contribution in [1.82, 2.24) is 5.32 Å². The molecule has 1 aliphatic carbocycles. The summed E-state index contributed by atoms with van der Waals surface area (Å²) in [6.07, 6.45) is 0.836. The normalized spacial score (nSPS) is 19.1. The maximum Gasteiger partial charge on any atom is 0.405 e. The molecule has 0 heterocycles. The van der Waals surface area contributed by atoms with Gasteiger partial charge in [0.25, 0.3) is 0 Å². The second-order valence-electron chi connectivity index (χ2n) is 3.35. The number of amides is 1. The number of halogens is 1. The van der Waals surface area contributed by atoms with Crippen LogP contribution in [0, 0.1) is 0 Å². The molecule has 0 aromatic heterocycles. The van der Waals surface area contributed by atoms with Crippen molar-refractivity contribution in [2.45, 2.75) is 18.9 Å². The van der Waals surface area contributed by atoms with Gasteiger partial charge in [0.05, 0.1) is 6.04 Å². The van der Waals surface area contributed by atoms with Gasteiger partial charge in [-0.05, 0) is 30.0 Å². The minimum atomic E-state index is -0.960. The van der Waals surface area contributed by atoms with Crippen LogP contribution in [0.1, 0.15) is 23.6 Å². The van der Waals surface area contributed by atoms with Crippen LogP contribution >= 0.6 is 15.9 Å². The number of benzene rings is 1. The number of nitrogens with one attached hydrogen (secondary N) is 1. The number of hydrogen-bond donors (Lipinski definition) is 2. The molecule has 3 nitrogen and oxygen atoms in total. The number of fused-ring (bicyclic) bond motifs is 1. The zero-order valence-electron chi connectivity index (χ0n) is 7.46. The Balaban J connectivity index is 2.33. The van der Waals surface area contributed by atoms with Crippen LogP contribution in [0.15, 0.2) is 22.7 Å². The van der Waals surface area contributed by atoms with Crippen molar-refractivity contribution in [3.8, 4) is 0 Å². The van der Waals surface area contributed by atoms with E-state index in [9.17, 15) is 4.79 Å². The van der Waals surface area contributed by atoms with Gasteiger partial charge in [0.15, 0.2) is 0 Å². The Morgan fingerprint density at radius 1 is 1.57 bits per heavy atom. The molecule has 1 atom stereocenters. The molecular weight excluding hydrogens is 246 g/mol. The summed E-state index contributed by atoms with van der Waals surface area (Å²) >= 11 is 3.44. The van der Waals surface area contributed by atoms with E-state index in [0.717, 1.165) is 22.9 Å². The molecule has 0 spiro atoms. The monoisotopic (exact) mass is 255 g/mol. The molecule has 2 rings (SSSR count). The van der Waals surface area contributed by atoms with E-state index in [0.29, 0.717) is 0 Å². The highest BCUT2D eigenvalue weighted by Gasteiger charge is 2.25. The van der Waals surface area contributed by atoms with Crippen LogP contribution in [0.5, 0.6) is 0 Å². The first-order valence-electron chi connectivity index (χ1n) is 4.45. The van der Waals surface area contributed by atoms with Gasteiger partial charge in [-0.2, -0.15) is 0 Å². The topological polar surface area (TPSA) is 49.3 Å². The molecule has 1 aromatic carbocycles. The van der Waals surface area contributed by atoms with Gasteiger partial charge in [0.1, 0.15) is 0 Å². The molecule has 0 saturated heterocycles. The number of carbonyl (C=O) groups is 1. The highest BCUT2D eigenvalue weighted by atomic mass is 79.9. The lowest BCUT2D eigenvalue weighted by atomic mass is 10.1. The molecule has 1 aliphatic rings. The summed E-state index contributed by atoms with van der Waals surface area (Å²) < 4.78 is 0.992. The summed E-state index contributed by atoms with van der Waals surface area (Å²) in [5, 5.41) is 11.2. The third kappa shape index (κ3) is 1.62. The largest absolute Gasteiger partial charge is 0.465 e. The first-order chi connectivity index (χ1) is 6.68. The van der Waals surface area contributed by atoms with E-state index in [1.807, 2.05) is 18.2 Å². The third-order valence-corrected chi connectivity index (χ3v) is 3.18. The Hall–Kier alpha value is -1.03. The maximum absolute atomic E-state index is 10.5. The second kappa shape index (κ2) is 3.61. The van der Waals surface area contributed by atoms with E-state index >= 15 is 0 Å². The van der Waals surface area contributed by atoms with Gasteiger partial charge in [-0.25, -0.2) is 4.79 Å². The van der Waals surface area contributed by atoms with Crippen molar-refractivity contribution < 1.29 is 9.90 Å². The first-order valence-corrected chi connectivity index (χ1v) is 5.24. The predicted molar refractivity (Wildman–Crippen MR) is 56.4 cm³/mol. The van der Waals surface area contributed by atoms with Crippen molar-refractivity contribution >= 4 is 22.0 Å². The molecule has 0 bridgehead atoms. The van der Waals surface area contributed by atoms with Crippen molar-refractivity contribution in [2.75, 3.05) is 0 Å². The standard InChI is InChI=1S/C10H10BrNO2/c11-7-3-1-2-6-4-5-8(9(6)7)12-10(13)14/h1-3,8,12H,4-5H2,(H,13,14). The predicted octanol–water partition coefficient (Wildman–Crippen LogP) is 2.70. The van der Waals surface area contributed by atoms with E-state index in [1.165, 1.54) is 5.56 Å². The number of carboxylic acid groups (broad SMARTS) is 1. The number of aryl methyl sites for hydroxylation is 1. The van der Waals surface area contributed by atoms with E-state index in [-0.39, 0.29) is 6.04 Å². The van der Waals surface area contributed by atoms with E-state index < -0.39 is 6.09 Å². The van der Waals surface area contributed by atoms with Gasteiger partial charge < -0.3 is 10.4 Å². The molecule has 0 fully saturated rings. The van der Waals surface area contributed by atoms with Crippen LogP contribution in [-0.4, -0.2) is 11.2 Å². The van der Waals surface area contributed by atoms with Gasteiger partial charge in [-0.1, -0.05) is 28.1 Å². The maximum atomic E-state index is 10.5. The Bertz CT molecular complexity index is 378. The Kier molecular flexibility index (Phi) is 2.46. The molecule has 74 valence electrons. The van der Waals surface area contributed by atoms with E-state index in [1.54, 1.807) is 0 Å².